The van der Waals surface area contributed by atoms with Gasteiger partial charge >= 0.3 is 0 Å². The smallest absolute Gasteiger partial charge is 0.176 e. The summed E-state index contributed by atoms with van der Waals surface area (Å²) >= 11 is -2.14. The van der Waals surface area contributed by atoms with Crippen LogP contribution in [0, 0.1) is 0 Å². The summed E-state index contributed by atoms with van der Waals surface area (Å²) in [6, 6.07) is 6.52. The molecule has 1 aliphatic rings. The van der Waals surface area contributed by atoms with Crippen LogP contribution < -0.4 is 5.48 Å². The van der Waals surface area contributed by atoms with Gasteiger partial charge in [-0.05, 0) is 28.8 Å². The molecular weight excluding hydrogens is 178 g/mol. The molecule has 1 aliphatic heterocycles. The third kappa shape index (κ3) is 1.54. The lowest BCUT2D eigenvalue weighted by atomic mass is 10.2. The van der Waals surface area contributed by atoms with E-state index in [-0.39, 0.29) is 6.23 Å². The van der Waals surface area contributed by atoms with Crippen molar-refractivity contribution >= 4 is 11.1 Å². The van der Waals surface area contributed by atoms with Crippen molar-refractivity contribution in [3.8, 4) is 0 Å². The van der Waals surface area contributed by atoms with Crippen molar-refractivity contribution in [3.05, 3.63) is 29.8 Å². The second kappa shape index (κ2) is 2.95. The number of hydrogen-bond acceptors (Lipinski definition) is 4. The number of rotatable bonds is 2. The normalized spacial score (nSPS) is 23.6. The Balaban J connectivity index is 2.24. The molecule has 1 fully saturated rings. The fraction of sp³-hybridized carbons (Fsp3) is 0.143. The molecule has 4 nitrogen and oxygen atoms in total. The summed E-state index contributed by atoms with van der Waals surface area (Å²) < 4.78 is 20.9. The summed E-state index contributed by atoms with van der Waals surface area (Å²) in [7, 11) is 0. The van der Waals surface area contributed by atoms with E-state index in [0.29, 0.717) is 4.90 Å². The number of hydroxylamine groups is 1. The van der Waals surface area contributed by atoms with Gasteiger partial charge in [0.1, 0.15) is 0 Å². The van der Waals surface area contributed by atoms with Crippen molar-refractivity contribution in [1.29, 1.82) is 0 Å². The molecule has 1 aromatic carbocycles. The maximum absolute atomic E-state index is 10.5. The summed E-state index contributed by atoms with van der Waals surface area (Å²) in [5.74, 6) is 0. The Morgan fingerprint density at radius 3 is 2.42 bits per heavy atom. The molecule has 0 aromatic heterocycles. The molecule has 0 bridgehead atoms. The Kier molecular flexibility index (Phi) is 1.93. The molecule has 2 atom stereocenters. The Morgan fingerprint density at radius 2 is 2.00 bits per heavy atom. The van der Waals surface area contributed by atoms with Gasteiger partial charge in [-0.1, -0.05) is 12.1 Å². The first-order valence-corrected chi connectivity index (χ1v) is 4.45. The van der Waals surface area contributed by atoms with Gasteiger partial charge in [0.25, 0.3) is 0 Å². The zero-order valence-corrected chi connectivity index (χ0v) is 6.84. The first-order chi connectivity index (χ1) is 5.77. The SMILES string of the molecule is O=S([O-])c1ccc(C2NO2)cc1. The van der Waals surface area contributed by atoms with E-state index in [4.69, 9.17) is 4.84 Å². The van der Waals surface area contributed by atoms with Crippen LogP contribution in [0.4, 0.5) is 0 Å². The van der Waals surface area contributed by atoms with Crippen LogP contribution in [0.15, 0.2) is 29.2 Å². The maximum atomic E-state index is 10.5. The monoisotopic (exact) mass is 184 g/mol. The molecule has 1 aromatic rings. The minimum atomic E-state index is -2.14. The van der Waals surface area contributed by atoms with Crippen LogP contribution >= 0.6 is 0 Å². The van der Waals surface area contributed by atoms with Gasteiger partial charge < -0.3 is 4.55 Å². The van der Waals surface area contributed by atoms with Gasteiger partial charge in [-0.2, -0.15) is 5.48 Å². The minimum Gasteiger partial charge on any atom is -0.768 e. The van der Waals surface area contributed by atoms with Gasteiger partial charge in [0.05, 0.1) is 0 Å². The average molecular weight is 184 g/mol. The van der Waals surface area contributed by atoms with Crippen LogP contribution in [-0.2, 0) is 15.9 Å². The lowest BCUT2D eigenvalue weighted by Crippen LogP contribution is -1.89. The van der Waals surface area contributed by atoms with Gasteiger partial charge in [-0.15, -0.1) is 0 Å². The Morgan fingerprint density at radius 1 is 1.42 bits per heavy atom. The fourth-order valence-corrected chi connectivity index (χ4v) is 1.28. The maximum Gasteiger partial charge on any atom is 0.176 e. The summed E-state index contributed by atoms with van der Waals surface area (Å²) in [5, 5.41) is 0. The lowest BCUT2D eigenvalue weighted by Gasteiger charge is -2.04. The Hall–Kier alpha value is -0.750. The van der Waals surface area contributed by atoms with Crippen molar-refractivity contribution in [3.63, 3.8) is 0 Å². The third-order valence-electron chi connectivity index (χ3n) is 1.61. The van der Waals surface area contributed by atoms with Crippen molar-refractivity contribution in [2.24, 2.45) is 0 Å². The van der Waals surface area contributed by atoms with Gasteiger partial charge in [0, 0.05) is 4.90 Å². The first-order valence-electron chi connectivity index (χ1n) is 3.38. The molecule has 64 valence electrons. The van der Waals surface area contributed by atoms with E-state index < -0.39 is 11.1 Å². The standard InChI is InChI=1S/C7H7NO3S/c9-12(10)6-3-1-5(2-4-6)7-8-11-7/h1-4,7-8H,(H,9,10)/p-1. The molecule has 0 aliphatic carbocycles. The largest absolute Gasteiger partial charge is 0.768 e. The van der Waals surface area contributed by atoms with E-state index >= 15 is 0 Å². The summed E-state index contributed by atoms with van der Waals surface area (Å²) in [6.07, 6.45) is -0.0564. The van der Waals surface area contributed by atoms with Gasteiger partial charge in [0.2, 0.25) is 0 Å². The number of hydrogen-bond donors (Lipinski definition) is 1. The summed E-state index contributed by atoms with van der Waals surface area (Å²) in [5.41, 5.74) is 3.58. The molecule has 0 amide bonds. The lowest BCUT2D eigenvalue weighted by molar-refractivity contribution is 0.374. The highest BCUT2D eigenvalue weighted by molar-refractivity contribution is 7.79. The quantitative estimate of drug-likeness (QED) is 0.535. The van der Waals surface area contributed by atoms with Crippen molar-refractivity contribution in [2.45, 2.75) is 11.1 Å². The zero-order chi connectivity index (χ0) is 8.55. The minimum absolute atomic E-state index is 0.0564. The molecule has 2 unspecified atom stereocenters. The zero-order valence-electron chi connectivity index (χ0n) is 6.02. The highest BCUT2D eigenvalue weighted by Gasteiger charge is 2.23. The van der Waals surface area contributed by atoms with Crippen molar-refractivity contribution in [1.82, 2.24) is 5.48 Å². The van der Waals surface area contributed by atoms with Gasteiger partial charge in [-0.3, -0.25) is 9.05 Å². The van der Waals surface area contributed by atoms with Crippen molar-refractivity contribution < 1.29 is 13.6 Å². The molecule has 2 rings (SSSR count). The van der Waals surface area contributed by atoms with Crippen LogP contribution in [0.3, 0.4) is 0 Å². The van der Waals surface area contributed by atoms with E-state index in [2.05, 4.69) is 5.48 Å². The summed E-state index contributed by atoms with van der Waals surface area (Å²) in [6.45, 7) is 0. The first kappa shape index (κ1) is 7.88. The van der Waals surface area contributed by atoms with E-state index in [9.17, 15) is 8.76 Å². The third-order valence-corrected chi connectivity index (χ3v) is 2.27. The molecular formula is C7H6NO3S-. The average Bonchev–Trinajstić information content (AvgIpc) is 2.87. The number of benzene rings is 1. The van der Waals surface area contributed by atoms with Gasteiger partial charge in [-0.25, -0.2) is 0 Å². The van der Waals surface area contributed by atoms with E-state index in [1.165, 1.54) is 0 Å². The van der Waals surface area contributed by atoms with E-state index in [0.717, 1.165) is 5.56 Å². The summed E-state index contributed by atoms with van der Waals surface area (Å²) in [4.78, 5) is 5.08. The van der Waals surface area contributed by atoms with Crippen molar-refractivity contribution in [2.75, 3.05) is 0 Å². The molecule has 1 N–H and O–H groups in total. The fourth-order valence-electron chi connectivity index (χ4n) is 0.924. The molecule has 1 heterocycles. The Bertz CT molecular complexity index is 307. The Labute approximate surface area is 71.8 Å². The van der Waals surface area contributed by atoms with E-state index in [1.807, 2.05) is 0 Å². The molecule has 12 heavy (non-hydrogen) atoms. The van der Waals surface area contributed by atoms with Crippen LogP contribution in [0.1, 0.15) is 11.8 Å². The highest BCUT2D eigenvalue weighted by atomic mass is 32.2. The second-order valence-corrected chi connectivity index (χ2v) is 3.36. The topological polar surface area (TPSA) is 74.6 Å². The molecule has 0 saturated carbocycles. The predicted molar refractivity (Wildman–Crippen MR) is 40.6 cm³/mol. The van der Waals surface area contributed by atoms with Crippen LogP contribution in [0.5, 0.6) is 0 Å². The second-order valence-electron chi connectivity index (χ2n) is 2.42. The molecule has 0 radical (unpaired) electrons. The molecule has 1 saturated heterocycles. The van der Waals surface area contributed by atoms with Crippen LogP contribution in [0.25, 0.3) is 0 Å². The highest BCUT2D eigenvalue weighted by Crippen LogP contribution is 2.23. The van der Waals surface area contributed by atoms with Crippen LogP contribution in [-0.4, -0.2) is 8.76 Å². The van der Waals surface area contributed by atoms with Gasteiger partial charge in [0.15, 0.2) is 6.23 Å². The molecule has 0 spiro atoms. The van der Waals surface area contributed by atoms with E-state index in [1.54, 1.807) is 24.3 Å². The molecule has 5 heteroatoms. The van der Waals surface area contributed by atoms with Crippen LogP contribution in [0.2, 0.25) is 0 Å². The predicted octanol–water partition coefficient (Wildman–Crippen LogP) is 0.458. The number of nitrogens with one attached hydrogen (secondary N) is 1.